The fourth-order valence-corrected chi connectivity index (χ4v) is 3.92. The van der Waals surface area contributed by atoms with E-state index in [1.165, 1.54) is 57.2 Å². The van der Waals surface area contributed by atoms with E-state index >= 15 is 0 Å². The average Bonchev–Trinajstić information content (AvgIpc) is 2.90. The van der Waals surface area contributed by atoms with Crippen LogP contribution in [0.3, 0.4) is 0 Å². The molecule has 138 valence electrons. The number of carbonyl (C=O) groups is 1. The van der Waals surface area contributed by atoms with Crippen molar-refractivity contribution in [2.24, 2.45) is 4.99 Å². The number of aliphatic imine (C=N–C) groups is 1. The summed E-state index contributed by atoms with van der Waals surface area (Å²) in [5, 5.41) is 0.670. The summed E-state index contributed by atoms with van der Waals surface area (Å²) in [6.07, 6.45) is 10.9. The molecule has 0 aromatic heterocycles. The predicted molar refractivity (Wildman–Crippen MR) is 110 cm³/mol. The van der Waals surface area contributed by atoms with Crippen molar-refractivity contribution in [3.8, 4) is 0 Å². The number of carbonyl (C=O) groups excluding carboxylic acids is 1. The molecule has 1 aromatic rings. The standard InChI is InChI=1S/C20H27ClN2O.BrH/c21-17-12-10-16(11-13-17)19(24)15-23(18-7-3-1-4-8-18)20-9-5-2-6-14-22-20;/h10-13,18H,1-9,14-15H2;1H. The lowest BCUT2D eigenvalue weighted by Crippen LogP contribution is -2.44. The minimum absolute atomic E-state index is 0. The van der Waals surface area contributed by atoms with E-state index in [0.29, 0.717) is 17.6 Å². The molecule has 0 spiro atoms. The van der Waals surface area contributed by atoms with Crippen molar-refractivity contribution in [2.75, 3.05) is 13.1 Å². The van der Waals surface area contributed by atoms with Crippen LogP contribution in [0.5, 0.6) is 0 Å². The molecule has 0 saturated heterocycles. The van der Waals surface area contributed by atoms with Crippen molar-refractivity contribution < 1.29 is 4.79 Å². The van der Waals surface area contributed by atoms with Gasteiger partial charge in [0.2, 0.25) is 0 Å². The first kappa shape index (κ1) is 20.4. The second-order valence-electron chi connectivity index (χ2n) is 6.96. The zero-order valence-electron chi connectivity index (χ0n) is 14.8. The van der Waals surface area contributed by atoms with Gasteiger partial charge in [0.05, 0.1) is 12.4 Å². The molecule has 3 rings (SSSR count). The second kappa shape index (κ2) is 10.3. The molecule has 0 atom stereocenters. The van der Waals surface area contributed by atoms with Gasteiger partial charge in [-0.25, -0.2) is 0 Å². The molecule has 1 aromatic carbocycles. The van der Waals surface area contributed by atoms with E-state index in [0.717, 1.165) is 18.5 Å². The summed E-state index contributed by atoms with van der Waals surface area (Å²) < 4.78 is 0. The lowest BCUT2D eigenvalue weighted by molar-refractivity contribution is 0.0934. The number of amidine groups is 1. The minimum atomic E-state index is 0. The van der Waals surface area contributed by atoms with Gasteiger partial charge >= 0.3 is 0 Å². The van der Waals surface area contributed by atoms with E-state index < -0.39 is 0 Å². The van der Waals surface area contributed by atoms with E-state index in [2.05, 4.69) is 4.90 Å². The Morgan fingerprint density at radius 3 is 2.44 bits per heavy atom. The Balaban J connectivity index is 0.00000225. The van der Waals surface area contributed by atoms with E-state index in [9.17, 15) is 4.79 Å². The minimum Gasteiger partial charge on any atom is -0.350 e. The zero-order valence-corrected chi connectivity index (χ0v) is 17.2. The highest BCUT2D eigenvalue weighted by atomic mass is 79.9. The highest BCUT2D eigenvalue weighted by Gasteiger charge is 2.26. The van der Waals surface area contributed by atoms with Crippen LogP contribution in [-0.2, 0) is 0 Å². The third-order valence-electron chi connectivity index (χ3n) is 5.18. The quantitative estimate of drug-likeness (QED) is 0.577. The first-order chi connectivity index (χ1) is 11.7. The second-order valence-corrected chi connectivity index (χ2v) is 7.39. The number of hydrogen-bond acceptors (Lipinski definition) is 3. The summed E-state index contributed by atoms with van der Waals surface area (Å²) >= 11 is 5.94. The number of halogens is 2. The molecular weight excluding hydrogens is 400 g/mol. The number of ketones is 1. The van der Waals surface area contributed by atoms with E-state index in [1.54, 1.807) is 12.1 Å². The van der Waals surface area contributed by atoms with Crippen molar-refractivity contribution in [1.29, 1.82) is 0 Å². The molecule has 1 fully saturated rings. The first-order valence-corrected chi connectivity index (χ1v) is 9.70. The Labute approximate surface area is 166 Å². The van der Waals surface area contributed by atoms with E-state index in [-0.39, 0.29) is 22.8 Å². The number of nitrogens with zero attached hydrogens (tertiary/aromatic N) is 2. The van der Waals surface area contributed by atoms with Crippen LogP contribution in [0.1, 0.15) is 68.1 Å². The Morgan fingerprint density at radius 1 is 1.04 bits per heavy atom. The topological polar surface area (TPSA) is 32.7 Å². The SMILES string of the molecule is Br.O=C(CN(C1=NCCCCC1)C1CCCCC1)c1ccc(Cl)cc1. The summed E-state index contributed by atoms with van der Waals surface area (Å²) in [5.41, 5.74) is 0.745. The Hall–Kier alpha value is -0.870. The maximum absolute atomic E-state index is 12.8. The number of hydrogen-bond donors (Lipinski definition) is 0. The molecule has 0 radical (unpaired) electrons. The molecule has 0 unspecified atom stereocenters. The smallest absolute Gasteiger partial charge is 0.182 e. The van der Waals surface area contributed by atoms with Gasteiger partial charge in [0, 0.05) is 29.6 Å². The summed E-state index contributed by atoms with van der Waals surface area (Å²) in [4.78, 5) is 20.0. The van der Waals surface area contributed by atoms with Gasteiger partial charge in [0.25, 0.3) is 0 Å². The summed E-state index contributed by atoms with van der Waals surface area (Å²) in [5.74, 6) is 1.34. The van der Waals surface area contributed by atoms with Crippen LogP contribution in [0.15, 0.2) is 29.3 Å². The van der Waals surface area contributed by atoms with Crippen molar-refractivity contribution >= 4 is 40.2 Å². The fraction of sp³-hybridized carbons (Fsp3) is 0.600. The van der Waals surface area contributed by atoms with Gasteiger partial charge in [-0.2, -0.15) is 0 Å². The van der Waals surface area contributed by atoms with Gasteiger partial charge in [0.15, 0.2) is 5.78 Å². The van der Waals surface area contributed by atoms with E-state index in [1.807, 2.05) is 12.1 Å². The normalized spacial score (nSPS) is 18.7. The van der Waals surface area contributed by atoms with Crippen molar-refractivity contribution in [3.05, 3.63) is 34.9 Å². The molecule has 1 aliphatic heterocycles. The number of Topliss-reactive ketones (excluding diaryl/α,β-unsaturated/α-hetero) is 1. The number of rotatable bonds is 4. The summed E-state index contributed by atoms with van der Waals surface area (Å²) in [7, 11) is 0. The van der Waals surface area contributed by atoms with Crippen LogP contribution >= 0.6 is 28.6 Å². The predicted octanol–water partition coefficient (Wildman–Crippen LogP) is 5.71. The molecule has 0 N–H and O–H groups in total. The van der Waals surface area contributed by atoms with Crippen LogP contribution in [0.25, 0.3) is 0 Å². The monoisotopic (exact) mass is 426 g/mol. The Kier molecular flexibility index (Phi) is 8.44. The number of benzene rings is 1. The Morgan fingerprint density at radius 2 is 1.72 bits per heavy atom. The molecule has 3 nitrogen and oxygen atoms in total. The first-order valence-electron chi connectivity index (χ1n) is 9.33. The third-order valence-corrected chi connectivity index (χ3v) is 5.43. The van der Waals surface area contributed by atoms with Gasteiger partial charge in [-0.05, 0) is 49.9 Å². The largest absolute Gasteiger partial charge is 0.350 e. The molecule has 1 aliphatic carbocycles. The zero-order chi connectivity index (χ0) is 16.8. The van der Waals surface area contributed by atoms with Gasteiger partial charge in [0.1, 0.15) is 0 Å². The van der Waals surface area contributed by atoms with Crippen molar-refractivity contribution in [2.45, 2.75) is 63.8 Å². The molecule has 0 amide bonds. The lowest BCUT2D eigenvalue weighted by Gasteiger charge is -2.36. The van der Waals surface area contributed by atoms with Crippen LogP contribution in [0.4, 0.5) is 0 Å². The van der Waals surface area contributed by atoms with Crippen LogP contribution in [-0.4, -0.2) is 35.7 Å². The summed E-state index contributed by atoms with van der Waals surface area (Å²) in [6.45, 7) is 1.36. The molecule has 1 saturated carbocycles. The molecular formula is C20H28BrClN2O. The van der Waals surface area contributed by atoms with Gasteiger partial charge in [-0.15, -0.1) is 17.0 Å². The highest BCUT2D eigenvalue weighted by molar-refractivity contribution is 8.93. The van der Waals surface area contributed by atoms with Crippen molar-refractivity contribution in [3.63, 3.8) is 0 Å². The molecule has 0 bridgehead atoms. The van der Waals surface area contributed by atoms with Crippen LogP contribution in [0, 0.1) is 0 Å². The average molecular weight is 428 g/mol. The maximum Gasteiger partial charge on any atom is 0.182 e. The molecule has 2 aliphatic rings. The van der Waals surface area contributed by atoms with Crippen LogP contribution < -0.4 is 0 Å². The highest BCUT2D eigenvalue weighted by Crippen LogP contribution is 2.25. The molecule has 1 heterocycles. The van der Waals surface area contributed by atoms with Crippen molar-refractivity contribution in [1.82, 2.24) is 4.90 Å². The third kappa shape index (κ3) is 5.82. The fourth-order valence-electron chi connectivity index (χ4n) is 3.80. The Bertz CT molecular complexity index is 582. The van der Waals surface area contributed by atoms with Gasteiger partial charge in [-0.3, -0.25) is 9.79 Å². The van der Waals surface area contributed by atoms with Gasteiger partial charge in [-0.1, -0.05) is 37.3 Å². The van der Waals surface area contributed by atoms with Crippen LogP contribution in [0.2, 0.25) is 5.02 Å². The maximum atomic E-state index is 12.8. The van der Waals surface area contributed by atoms with Gasteiger partial charge < -0.3 is 4.90 Å². The molecule has 5 heteroatoms. The van der Waals surface area contributed by atoms with E-state index in [4.69, 9.17) is 16.6 Å². The lowest BCUT2D eigenvalue weighted by atomic mass is 9.93. The summed E-state index contributed by atoms with van der Waals surface area (Å²) in [6, 6.07) is 7.73. The molecule has 25 heavy (non-hydrogen) atoms.